The summed E-state index contributed by atoms with van der Waals surface area (Å²) >= 11 is 1.59. The molecule has 1 fully saturated rings. The SMILES string of the molecule is CSCCC(NS(=O)(=O)c1ccccc1)C(=O)N1CCC(Oc2ccc(C)c(C)c2)CC1. The van der Waals surface area contributed by atoms with E-state index in [2.05, 4.69) is 24.6 Å². The second kappa shape index (κ2) is 11.2. The van der Waals surface area contributed by atoms with Crippen molar-refractivity contribution in [1.29, 1.82) is 0 Å². The highest BCUT2D eigenvalue weighted by Gasteiger charge is 2.31. The second-order valence-electron chi connectivity index (χ2n) is 8.16. The second-order valence-corrected chi connectivity index (χ2v) is 10.9. The number of hydrogen-bond donors (Lipinski definition) is 1. The molecule has 0 aromatic heterocycles. The Morgan fingerprint density at radius 3 is 2.44 bits per heavy atom. The van der Waals surface area contributed by atoms with Crippen molar-refractivity contribution in [3.63, 3.8) is 0 Å². The van der Waals surface area contributed by atoms with Gasteiger partial charge in [0.05, 0.1) is 4.90 Å². The van der Waals surface area contributed by atoms with Gasteiger partial charge in [0, 0.05) is 25.9 Å². The topological polar surface area (TPSA) is 75.7 Å². The van der Waals surface area contributed by atoms with Gasteiger partial charge < -0.3 is 9.64 Å². The number of carbonyl (C=O) groups is 1. The molecule has 2 aromatic carbocycles. The predicted octanol–water partition coefficient (Wildman–Crippen LogP) is 3.77. The fourth-order valence-corrected chi connectivity index (χ4v) is 5.43. The zero-order chi connectivity index (χ0) is 23.1. The number of nitrogens with zero attached hydrogens (tertiary/aromatic N) is 1. The van der Waals surface area contributed by atoms with Gasteiger partial charge in [0.1, 0.15) is 17.9 Å². The van der Waals surface area contributed by atoms with Crippen LogP contribution in [0.2, 0.25) is 0 Å². The third-order valence-corrected chi connectivity index (χ3v) is 7.93. The fourth-order valence-electron chi connectivity index (χ4n) is 3.72. The van der Waals surface area contributed by atoms with E-state index < -0.39 is 16.1 Å². The molecule has 0 radical (unpaired) electrons. The Hall–Kier alpha value is -2.03. The molecule has 174 valence electrons. The van der Waals surface area contributed by atoms with Gasteiger partial charge in [0.2, 0.25) is 15.9 Å². The maximum absolute atomic E-state index is 13.2. The van der Waals surface area contributed by atoms with Gasteiger partial charge in [-0.15, -0.1) is 0 Å². The van der Waals surface area contributed by atoms with Gasteiger partial charge in [-0.1, -0.05) is 24.3 Å². The average Bonchev–Trinajstić information content (AvgIpc) is 2.79. The summed E-state index contributed by atoms with van der Waals surface area (Å²) in [6.45, 7) is 5.24. The Morgan fingerprint density at radius 1 is 1.12 bits per heavy atom. The molecule has 8 heteroatoms. The van der Waals surface area contributed by atoms with E-state index in [4.69, 9.17) is 4.74 Å². The quantitative estimate of drug-likeness (QED) is 0.596. The zero-order valence-corrected chi connectivity index (χ0v) is 20.5. The Kier molecular flexibility index (Phi) is 8.62. The van der Waals surface area contributed by atoms with Gasteiger partial charge in [0.15, 0.2) is 0 Å². The summed E-state index contributed by atoms with van der Waals surface area (Å²) in [6.07, 6.45) is 3.89. The number of ether oxygens (including phenoxy) is 1. The van der Waals surface area contributed by atoms with Crippen molar-refractivity contribution in [2.45, 2.75) is 50.2 Å². The van der Waals surface area contributed by atoms with Gasteiger partial charge in [-0.2, -0.15) is 16.5 Å². The molecule has 1 aliphatic rings. The van der Waals surface area contributed by atoms with E-state index in [1.54, 1.807) is 34.9 Å². The molecule has 0 aliphatic carbocycles. The van der Waals surface area contributed by atoms with E-state index in [0.29, 0.717) is 25.3 Å². The fraction of sp³-hybridized carbons (Fsp3) is 0.458. The first-order valence-corrected chi connectivity index (χ1v) is 13.8. The van der Waals surface area contributed by atoms with E-state index in [-0.39, 0.29) is 16.9 Å². The molecule has 1 heterocycles. The Balaban J connectivity index is 1.61. The number of likely N-dealkylation sites (tertiary alicyclic amines) is 1. The first-order chi connectivity index (χ1) is 15.3. The lowest BCUT2D eigenvalue weighted by Gasteiger charge is -2.34. The summed E-state index contributed by atoms with van der Waals surface area (Å²) in [5, 5.41) is 0. The molecule has 1 amide bonds. The summed E-state index contributed by atoms with van der Waals surface area (Å²) in [5.41, 5.74) is 2.42. The molecule has 1 saturated heterocycles. The Labute approximate surface area is 195 Å². The van der Waals surface area contributed by atoms with Crippen LogP contribution in [-0.4, -0.2) is 56.5 Å². The summed E-state index contributed by atoms with van der Waals surface area (Å²) < 4.78 is 34.4. The first-order valence-electron chi connectivity index (χ1n) is 10.9. The van der Waals surface area contributed by atoms with Crippen LogP contribution in [0.3, 0.4) is 0 Å². The number of carbonyl (C=O) groups excluding carboxylic acids is 1. The molecule has 0 bridgehead atoms. The molecule has 1 unspecified atom stereocenters. The van der Waals surface area contributed by atoms with Crippen LogP contribution >= 0.6 is 11.8 Å². The lowest BCUT2D eigenvalue weighted by atomic mass is 10.1. The van der Waals surface area contributed by atoms with Gasteiger partial charge in [-0.25, -0.2) is 8.42 Å². The molecule has 0 saturated carbocycles. The van der Waals surface area contributed by atoms with Gasteiger partial charge >= 0.3 is 0 Å². The van der Waals surface area contributed by atoms with Crippen LogP contribution in [0.25, 0.3) is 0 Å². The van der Waals surface area contributed by atoms with Crippen LogP contribution in [-0.2, 0) is 14.8 Å². The number of rotatable bonds is 9. The molecule has 1 aliphatic heterocycles. The maximum atomic E-state index is 13.2. The average molecular weight is 477 g/mol. The number of aryl methyl sites for hydroxylation is 2. The number of nitrogens with one attached hydrogen (secondary N) is 1. The molecule has 6 nitrogen and oxygen atoms in total. The molecular weight excluding hydrogens is 444 g/mol. The highest BCUT2D eigenvalue weighted by molar-refractivity contribution is 7.98. The number of amides is 1. The minimum Gasteiger partial charge on any atom is -0.490 e. The number of thioether (sulfide) groups is 1. The van der Waals surface area contributed by atoms with Gasteiger partial charge in [0.25, 0.3) is 0 Å². The number of benzene rings is 2. The molecular formula is C24H32N2O4S2. The van der Waals surface area contributed by atoms with E-state index in [9.17, 15) is 13.2 Å². The van der Waals surface area contributed by atoms with Crippen molar-refractivity contribution < 1.29 is 17.9 Å². The Morgan fingerprint density at radius 2 is 1.81 bits per heavy atom. The highest BCUT2D eigenvalue weighted by atomic mass is 32.2. The predicted molar refractivity (Wildman–Crippen MR) is 130 cm³/mol. The molecule has 1 N–H and O–H groups in total. The van der Waals surface area contributed by atoms with Crippen LogP contribution in [0.1, 0.15) is 30.4 Å². The standard InChI is InChI=1S/C24H32N2O4S2/c1-18-9-10-21(17-19(18)2)30-20-11-14-26(15-12-20)24(27)23(13-16-31-3)25-32(28,29)22-7-5-4-6-8-22/h4-10,17,20,23,25H,11-16H2,1-3H3. The van der Waals surface area contributed by atoms with E-state index in [0.717, 1.165) is 18.6 Å². The molecule has 32 heavy (non-hydrogen) atoms. The van der Waals surface area contributed by atoms with Crippen molar-refractivity contribution >= 4 is 27.7 Å². The van der Waals surface area contributed by atoms with E-state index in [1.165, 1.54) is 23.3 Å². The van der Waals surface area contributed by atoms with Crippen molar-refractivity contribution in [3.05, 3.63) is 59.7 Å². The Bertz CT molecular complexity index is 1000. The lowest BCUT2D eigenvalue weighted by molar-refractivity contribution is -0.134. The van der Waals surface area contributed by atoms with Crippen LogP contribution < -0.4 is 9.46 Å². The van der Waals surface area contributed by atoms with Gasteiger partial charge in [-0.05, 0) is 67.7 Å². The smallest absolute Gasteiger partial charge is 0.241 e. The minimum atomic E-state index is -3.76. The number of hydrogen-bond acceptors (Lipinski definition) is 5. The summed E-state index contributed by atoms with van der Waals surface area (Å²) in [5.74, 6) is 1.38. The third-order valence-electron chi connectivity index (χ3n) is 5.79. The monoisotopic (exact) mass is 476 g/mol. The first kappa shape index (κ1) is 24.6. The van der Waals surface area contributed by atoms with Crippen molar-refractivity contribution in [2.75, 3.05) is 25.1 Å². The molecule has 2 aromatic rings. The van der Waals surface area contributed by atoms with E-state index in [1.807, 2.05) is 18.4 Å². The summed E-state index contributed by atoms with van der Waals surface area (Å²) in [6, 6.07) is 13.5. The van der Waals surface area contributed by atoms with Crippen LogP contribution in [0.15, 0.2) is 53.4 Å². The molecule has 3 rings (SSSR count). The van der Waals surface area contributed by atoms with Crippen LogP contribution in [0.4, 0.5) is 0 Å². The van der Waals surface area contributed by atoms with Crippen LogP contribution in [0.5, 0.6) is 5.75 Å². The highest BCUT2D eigenvalue weighted by Crippen LogP contribution is 2.22. The lowest BCUT2D eigenvalue weighted by Crippen LogP contribution is -2.51. The maximum Gasteiger partial charge on any atom is 0.241 e. The molecule has 1 atom stereocenters. The number of piperidine rings is 1. The largest absolute Gasteiger partial charge is 0.490 e. The third kappa shape index (κ3) is 6.49. The molecule has 0 spiro atoms. The minimum absolute atomic E-state index is 0.0480. The zero-order valence-electron chi connectivity index (χ0n) is 18.9. The van der Waals surface area contributed by atoms with Gasteiger partial charge in [-0.3, -0.25) is 4.79 Å². The summed E-state index contributed by atoms with van der Waals surface area (Å²) in [4.78, 5) is 15.1. The summed E-state index contributed by atoms with van der Waals surface area (Å²) in [7, 11) is -3.76. The van der Waals surface area contributed by atoms with Crippen molar-refractivity contribution in [2.24, 2.45) is 0 Å². The van der Waals surface area contributed by atoms with Crippen molar-refractivity contribution in [1.82, 2.24) is 9.62 Å². The van der Waals surface area contributed by atoms with E-state index >= 15 is 0 Å². The normalized spacial score (nSPS) is 16.0. The number of sulfonamides is 1. The van der Waals surface area contributed by atoms with Crippen LogP contribution in [0, 0.1) is 13.8 Å². The van der Waals surface area contributed by atoms with Crippen molar-refractivity contribution in [3.8, 4) is 5.75 Å².